The lowest BCUT2D eigenvalue weighted by Crippen LogP contribution is -2.52. The van der Waals surface area contributed by atoms with Crippen LogP contribution >= 0.6 is 0 Å². The molecule has 1 atom stereocenters. The van der Waals surface area contributed by atoms with Gasteiger partial charge in [-0.3, -0.25) is 4.79 Å². The smallest absolute Gasteiger partial charge is 0.364 e. The van der Waals surface area contributed by atoms with Crippen molar-refractivity contribution in [3.8, 4) is 0 Å². The first-order valence-corrected chi connectivity index (χ1v) is 9.59. The van der Waals surface area contributed by atoms with Gasteiger partial charge in [0.2, 0.25) is 5.91 Å². The van der Waals surface area contributed by atoms with Crippen LogP contribution in [0.15, 0.2) is 24.3 Å². The van der Waals surface area contributed by atoms with E-state index in [4.69, 9.17) is 0 Å². The van der Waals surface area contributed by atoms with E-state index in [1.54, 1.807) is 0 Å². The number of amides is 1. The van der Waals surface area contributed by atoms with E-state index in [9.17, 15) is 18.0 Å². The number of carbonyl (C=O) groups is 1. The van der Waals surface area contributed by atoms with Gasteiger partial charge in [0.05, 0.1) is 5.92 Å². The molecule has 2 aliphatic rings. The van der Waals surface area contributed by atoms with Crippen molar-refractivity contribution < 1.29 is 18.0 Å². The van der Waals surface area contributed by atoms with Crippen molar-refractivity contribution in [1.29, 1.82) is 0 Å². The van der Waals surface area contributed by atoms with E-state index in [0.29, 0.717) is 25.8 Å². The third-order valence-corrected chi connectivity index (χ3v) is 5.82. The van der Waals surface area contributed by atoms with E-state index in [-0.39, 0.29) is 30.8 Å². The molecule has 1 fully saturated rings. The molecule has 0 bridgehead atoms. The minimum Gasteiger partial charge on any atom is -0.364 e. The van der Waals surface area contributed by atoms with Crippen LogP contribution in [0.2, 0.25) is 0 Å². The quantitative estimate of drug-likeness (QED) is 0.851. The molecule has 1 N–H and O–H groups in total. The van der Waals surface area contributed by atoms with Crippen LogP contribution in [0.4, 0.5) is 18.9 Å². The van der Waals surface area contributed by atoms with Crippen LogP contribution in [-0.4, -0.2) is 30.7 Å². The van der Waals surface area contributed by atoms with Crippen LogP contribution in [-0.2, 0) is 11.2 Å². The summed E-state index contributed by atoms with van der Waals surface area (Å²) in [5.41, 5.74) is 2.38. The van der Waals surface area contributed by atoms with Crippen LogP contribution < -0.4 is 10.2 Å². The Morgan fingerprint density at radius 2 is 1.85 bits per heavy atom. The summed E-state index contributed by atoms with van der Waals surface area (Å²) in [4.78, 5) is 14.0. The molecule has 0 spiro atoms. The molecule has 1 aromatic carbocycles. The molecule has 26 heavy (non-hydrogen) atoms. The average molecular weight is 368 g/mol. The Morgan fingerprint density at radius 1 is 1.15 bits per heavy atom. The maximum atomic E-state index is 13.0. The highest BCUT2D eigenvalue weighted by molar-refractivity contribution is 5.75. The molecule has 1 amide bonds. The summed E-state index contributed by atoms with van der Waals surface area (Å²) in [6, 6.07) is 8.42. The number of nitrogens with zero attached hydrogens (tertiary/aromatic N) is 1. The Hall–Kier alpha value is -1.72. The summed E-state index contributed by atoms with van der Waals surface area (Å²) < 4.78 is 39.0. The zero-order valence-corrected chi connectivity index (χ0v) is 15.2. The number of aryl methyl sites for hydroxylation is 1. The molecule has 1 aliphatic carbocycles. The van der Waals surface area contributed by atoms with Crippen molar-refractivity contribution in [2.24, 2.45) is 5.92 Å². The largest absolute Gasteiger partial charge is 0.391 e. The summed E-state index contributed by atoms with van der Waals surface area (Å²) >= 11 is 0. The number of carbonyl (C=O) groups excluding carboxylic acids is 1. The van der Waals surface area contributed by atoms with Gasteiger partial charge in [0.1, 0.15) is 0 Å². The van der Waals surface area contributed by atoms with Crippen molar-refractivity contribution in [2.75, 3.05) is 11.4 Å². The number of alkyl halides is 3. The molecule has 1 unspecified atom stereocenters. The molecular weight excluding hydrogens is 341 g/mol. The Kier molecular flexibility index (Phi) is 5.78. The van der Waals surface area contributed by atoms with Crippen molar-refractivity contribution in [3.05, 3.63) is 29.8 Å². The molecule has 0 aromatic heterocycles. The van der Waals surface area contributed by atoms with Crippen LogP contribution in [0.1, 0.15) is 51.0 Å². The zero-order valence-electron chi connectivity index (χ0n) is 15.2. The lowest BCUT2D eigenvalue weighted by molar-refractivity contribution is -0.182. The van der Waals surface area contributed by atoms with Crippen LogP contribution in [0, 0.1) is 5.92 Å². The van der Waals surface area contributed by atoms with E-state index >= 15 is 0 Å². The van der Waals surface area contributed by atoms with Gasteiger partial charge in [0.15, 0.2) is 0 Å². The standard InChI is InChI=1S/C20H27F3N2O/c1-2-19(26)24-13-17-10-7-14-5-3-4-6-18(14)25(17)16-11-8-15(9-12-16)20(21,22)23/h3-6,15-17H,2,7-13H2,1H3,(H,24,26). The van der Waals surface area contributed by atoms with Gasteiger partial charge in [-0.1, -0.05) is 25.1 Å². The molecule has 0 radical (unpaired) electrons. The number of benzene rings is 1. The van der Waals surface area contributed by atoms with Gasteiger partial charge < -0.3 is 10.2 Å². The normalized spacial score (nSPS) is 26.3. The Labute approximate surface area is 152 Å². The third-order valence-electron chi connectivity index (χ3n) is 5.82. The van der Waals surface area contributed by atoms with E-state index in [1.165, 1.54) is 5.56 Å². The highest BCUT2D eigenvalue weighted by atomic mass is 19.4. The summed E-state index contributed by atoms with van der Waals surface area (Å²) in [5.74, 6) is -1.15. The highest BCUT2D eigenvalue weighted by Crippen LogP contribution is 2.42. The number of para-hydroxylation sites is 1. The van der Waals surface area contributed by atoms with E-state index in [0.717, 1.165) is 18.5 Å². The van der Waals surface area contributed by atoms with Crippen LogP contribution in [0.25, 0.3) is 0 Å². The summed E-state index contributed by atoms with van der Waals surface area (Å²) in [6.07, 6.45) is -0.286. The van der Waals surface area contributed by atoms with Crippen molar-refractivity contribution in [1.82, 2.24) is 5.32 Å². The molecule has 6 heteroatoms. The molecule has 144 valence electrons. The lowest BCUT2D eigenvalue weighted by atomic mass is 9.82. The molecule has 1 aromatic rings. The first-order chi connectivity index (χ1) is 12.4. The number of nitrogens with one attached hydrogen (secondary N) is 1. The fourth-order valence-electron chi connectivity index (χ4n) is 4.37. The average Bonchev–Trinajstić information content (AvgIpc) is 2.65. The number of hydrogen-bond acceptors (Lipinski definition) is 2. The summed E-state index contributed by atoms with van der Waals surface area (Å²) in [6.45, 7) is 2.38. The summed E-state index contributed by atoms with van der Waals surface area (Å²) in [5, 5.41) is 2.97. The molecular formula is C20H27F3N2O. The van der Waals surface area contributed by atoms with E-state index in [1.807, 2.05) is 19.1 Å². The Bertz CT molecular complexity index is 624. The first-order valence-electron chi connectivity index (χ1n) is 9.59. The predicted molar refractivity (Wildman–Crippen MR) is 96.1 cm³/mol. The lowest BCUT2D eigenvalue weighted by Gasteiger charge is -2.46. The van der Waals surface area contributed by atoms with Crippen molar-refractivity contribution in [3.63, 3.8) is 0 Å². The van der Waals surface area contributed by atoms with Gasteiger partial charge in [0, 0.05) is 30.7 Å². The number of hydrogen-bond donors (Lipinski definition) is 1. The maximum absolute atomic E-state index is 13.0. The van der Waals surface area contributed by atoms with Gasteiger partial charge in [-0.25, -0.2) is 0 Å². The fraction of sp³-hybridized carbons (Fsp3) is 0.650. The van der Waals surface area contributed by atoms with Gasteiger partial charge in [-0.15, -0.1) is 0 Å². The monoisotopic (exact) mass is 368 g/mol. The van der Waals surface area contributed by atoms with E-state index in [2.05, 4.69) is 22.3 Å². The zero-order chi connectivity index (χ0) is 18.7. The van der Waals surface area contributed by atoms with E-state index < -0.39 is 12.1 Å². The van der Waals surface area contributed by atoms with Gasteiger partial charge in [-0.05, 0) is 50.2 Å². The topological polar surface area (TPSA) is 32.3 Å². The minimum absolute atomic E-state index is 0.0181. The maximum Gasteiger partial charge on any atom is 0.391 e. The number of halogens is 3. The second-order valence-electron chi connectivity index (χ2n) is 7.43. The second-order valence-corrected chi connectivity index (χ2v) is 7.43. The van der Waals surface area contributed by atoms with Crippen LogP contribution in [0.3, 0.4) is 0 Å². The van der Waals surface area contributed by atoms with Gasteiger partial charge in [-0.2, -0.15) is 13.2 Å². The SMILES string of the molecule is CCC(=O)NCC1CCc2ccccc2N1C1CCC(C(F)(F)F)CC1. The highest BCUT2D eigenvalue weighted by Gasteiger charge is 2.43. The third kappa shape index (κ3) is 4.15. The van der Waals surface area contributed by atoms with Gasteiger partial charge >= 0.3 is 6.18 Å². The minimum atomic E-state index is -4.08. The molecule has 0 saturated heterocycles. The number of fused-ring (bicyclic) bond motifs is 1. The van der Waals surface area contributed by atoms with Gasteiger partial charge in [0.25, 0.3) is 0 Å². The predicted octanol–water partition coefficient (Wildman–Crippen LogP) is 4.46. The number of anilines is 1. The van der Waals surface area contributed by atoms with Crippen molar-refractivity contribution >= 4 is 11.6 Å². The molecule has 1 heterocycles. The van der Waals surface area contributed by atoms with Crippen LogP contribution in [0.5, 0.6) is 0 Å². The molecule has 3 nitrogen and oxygen atoms in total. The Balaban J connectivity index is 1.76. The van der Waals surface area contributed by atoms with Crippen molar-refractivity contribution in [2.45, 2.75) is 70.1 Å². The second kappa shape index (κ2) is 7.89. The number of rotatable bonds is 4. The molecule has 1 saturated carbocycles. The summed E-state index contributed by atoms with van der Waals surface area (Å²) in [7, 11) is 0. The molecule has 3 rings (SSSR count). The fourth-order valence-corrected chi connectivity index (χ4v) is 4.37. The molecule has 1 aliphatic heterocycles. The first kappa shape index (κ1) is 19.1. The Morgan fingerprint density at radius 3 is 2.50 bits per heavy atom.